The molecule has 1 aliphatic heterocycles. The number of rotatable bonds is 9. The normalized spacial score (nSPS) is 14.1. The quantitative estimate of drug-likeness (QED) is 0.623. The molecule has 1 fully saturated rings. The first-order chi connectivity index (χ1) is 15.1. The number of hydrogen-bond acceptors (Lipinski definition) is 5. The van der Waals surface area contributed by atoms with Crippen molar-refractivity contribution in [2.75, 3.05) is 33.9 Å². The smallest absolute Gasteiger partial charge is 0.253 e. The predicted octanol–water partition coefficient (Wildman–Crippen LogP) is 3.28. The van der Waals surface area contributed by atoms with Crippen LogP contribution >= 0.6 is 0 Å². The van der Waals surface area contributed by atoms with E-state index >= 15 is 0 Å². The Morgan fingerprint density at radius 2 is 1.71 bits per heavy atom. The van der Waals surface area contributed by atoms with Crippen LogP contribution in [-0.4, -0.2) is 56.7 Å². The summed E-state index contributed by atoms with van der Waals surface area (Å²) >= 11 is 0. The lowest BCUT2D eigenvalue weighted by atomic mass is 10.0. The van der Waals surface area contributed by atoms with E-state index in [0.717, 1.165) is 18.6 Å². The Hall–Kier alpha value is -3.22. The van der Waals surface area contributed by atoms with Crippen molar-refractivity contribution < 1.29 is 23.8 Å². The van der Waals surface area contributed by atoms with Gasteiger partial charge in [0, 0.05) is 31.1 Å². The van der Waals surface area contributed by atoms with Crippen LogP contribution in [0.5, 0.6) is 17.2 Å². The summed E-state index contributed by atoms with van der Waals surface area (Å²) in [6.45, 7) is 1.72. The minimum absolute atomic E-state index is 0.0290. The van der Waals surface area contributed by atoms with Gasteiger partial charge in [0.1, 0.15) is 5.75 Å². The van der Waals surface area contributed by atoms with E-state index < -0.39 is 0 Å². The van der Waals surface area contributed by atoms with E-state index in [-0.39, 0.29) is 17.9 Å². The first-order valence-electron chi connectivity index (χ1n) is 10.6. The average molecular weight is 427 g/mol. The number of benzene rings is 2. The Labute approximate surface area is 183 Å². The van der Waals surface area contributed by atoms with Crippen LogP contribution in [0.1, 0.15) is 36.0 Å². The van der Waals surface area contributed by atoms with Crippen molar-refractivity contribution in [3.63, 3.8) is 0 Å². The highest BCUT2D eigenvalue weighted by Crippen LogP contribution is 2.28. The number of methoxy groups -OCH3 is 2. The number of carbonyl (C=O) groups is 2. The summed E-state index contributed by atoms with van der Waals surface area (Å²) < 4.78 is 16.1. The molecule has 31 heavy (non-hydrogen) atoms. The highest BCUT2D eigenvalue weighted by molar-refractivity contribution is 5.95. The molecule has 0 atom stereocenters. The molecule has 1 heterocycles. The van der Waals surface area contributed by atoms with Crippen LogP contribution in [0.2, 0.25) is 0 Å². The van der Waals surface area contributed by atoms with Crippen molar-refractivity contribution in [2.24, 2.45) is 0 Å². The minimum atomic E-state index is -0.0382. The minimum Gasteiger partial charge on any atom is -0.494 e. The largest absolute Gasteiger partial charge is 0.494 e. The van der Waals surface area contributed by atoms with Crippen LogP contribution in [0.25, 0.3) is 0 Å². The molecule has 2 aromatic carbocycles. The molecule has 1 aliphatic rings. The zero-order valence-electron chi connectivity index (χ0n) is 18.1. The van der Waals surface area contributed by atoms with E-state index in [0.29, 0.717) is 49.6 Å². The Morgan fingerprint density at radius 1 is 1.00 bits per heavy atom. The van der Waals surface area contributed by atoms with Crippen molar-refractivity contribution in [2.45, 2.75) is 31.7 Å². The van der Waals surface area contributed by atoms with Crippen LogP contribution in [0, 0.1) is 0 Å². The van der Waals surface area contributed by atoms with Gasteiger partial charge >= 0.3 is 0 Å². The Balaban J connectivity index is 1.39. The van der Waals surface area contributed by atoms with E-state index in [9.17, 15) is 9.59 Å². The summed E-state index contributed by atoms with van der Waals surface area (Å²) in [4.78, 5) is 26.9. The number of para-hydroxylation sites is 1. The third kappa shape index (κ3) is 6.38. The Kier molecular flexibility index (Phi) is 8.15. The maximum atomic E-state index is 12.8. The number of likely N-dealkylation sites (tertiary alicyclic amines) is 1. The van der Waals surface area contributed by atoms with Gasteiger partial charge in [0.25, 0.3) is 5.91 Å². The van der Waals surface area contributed by atoms with Gasteiger partial charge < -0.3 is 24.4 Å². The molecule has 166 valence electrons. The molecule has 7 heteroatoms. The van der Waals surface area contributed by atoms with Crippen LogP contribution in [0.15, 0.2) is 48.5 Å². The highest BCUT2D eigenvalue weighted by Gasteiger charge is 2.25. The first-order valence-corrected chi connectivity index (χ1v) is 10.6. The molecule has 2 amide bonds. The molecular formula is C24H30N2O5. The molecule has 0 aliphatic carbocycles. The Morgan fingerprint density at radius 3 is 2.39 bits per heavy atom. The molecular weight excluding hydrogens is 396 g/mol. The standard InChI is InChI=1S/C24H30N2O5/c1-29-21-11-10-18(17-22(21)30-2)24(28)26-14-12-19(13-15-26)25-23(27)9-6-16-31-20-7-4-3-5-8-20/h3-5,7-8,10-11,17,19H,6,9,12-16H2,1-2H3,(H,25,27). The molecule has 0 unspecified atom stereocenters. The second-order valence-electron chi connectivity index (χ2n) is 7.47. The molecule has 1 N–H and O–H groups in total. The molecule has 3 rings (SSSR count). The SMILES string of the molecule is COc1ccc(C(=O)N2CCC(NC(=O)CCCOc3ccccc3)CC2)cc1OC. The number of nitrogens with zero attached hydrogens (tertiary/aromatic N) is 1. The van der Waals surface area contributed by atoms with Gasteiger partial charge in [-0.25, -0.2) is 0 Å². The third-order valence-electron chi connectivity index (χ3n) is 5.34. The monoisotopic (exact) mass is 426 g/mol. The van der Waals surface area contributed by atoms with Crippen molar-refractivity contribution in [1.29, 1.82) is 0 Å². The van der Waals surface area contributed by atoms with Crippen LogP contribution in [0.4, 0.5) is 0 Å². The van der Waals surface area contributed by atoms with Gasteiger partial charge in [-0.2, -0.15) is 0 Å². The second kappa shape index (κ2) is 11.2. The van der Waals surface area contributed by atoms with Gasteiger partial charge in [0.15, 0.2) is 11.5 Å². The number of nitrogens with one attached hydrogen (secondary N) is 1. The molecule has 0 bridgehead atoms. The van der Waals surface area contributed by atoms with Gasteiger partial charge in [-0.1, -0.05) is 18.2 Å². The third-order valence-corrected chi connectivity index (χ3v) is 5.34. The summed E-state index contributed by atoms with van der Waals surface area (Å²) in [6.07, 6.45) is 2.57. The summed E-state index contributed by atoms with van der Waals surface area (Å²) in [6, 6.07) is 14.9. The molecule has 2 aromatic rings. The highest BCUT2D eigenvalue weighted by atomic mass is 16.5. The second-order valence-corrected chi connectivity index (χ2v) is 7.47. The van der Waals surface area contributed by atoms with Crippen molar-refractivity contribution in [3.8, 4) is 17.2 Å². The fourth-order valence-electron chi connectivity index (χ4n) is 3.62. The van der Waals surface area contributed by atoms with Crippen LogP contribution in [0.3, 0.4) is 0 Å². The molecule has 7 nitrogen and oxygen atoms in total. The van der Waals surface area contributed by atoms with Gasteiger partial charge in [-0.3, -0.25) is 9.59 Å². The summed E-state index contributed by atoms with van der Waals surface area (Å²) in [5, 5.41) is 3.08. The lowest BCUT2D eigenvalue weighted by Gasteiger charge is -2.32. The van der Waals surface area contributed by atoms with Crippen molar-refractivity contribution in [1.82, 2.24) is 10.2 Å². The number of piperidine rings is 1. The molecule has 1 saturated heterocycles. The van der Waals surface area contributed by atoms with Gasteiger partial charge in [0.2, 0.25) is 5.91 Å². The van der Waals surface area contributed by atoms with E-state index in [1.807, 2.05) is 35.2 Å². The van der Waals surface area contributed by atoms with Crippen molar-refractivity contribution in [3.05, 3.63) is 54.1 Å². The maximum Gasteiger partial charge on any atom is 0.253 e. The fourth-order valence-corrected chi connectivity index (χ4v) is 3.62. The molecule has 0 radical (unpaired) electrons. The van der Waals surface area contributed by atoms with E-state index in [2.05, 4.69) is 5.32 Å². The zero-order valence-corrected chi connectivity index (χ0v) is 18.1. The topological polar surface area (TPSA) is 77.1 Å². The van der Waals surface area contributed by atoms with Gasteiger partial charge in [-0.15, -0.1) is 0 Å². The molecule has 0 saturated carbocycles. The van der Waals surface area contributed by atoms with Crippen LogP contribution < -0.4 is 19.5 Å². The predicted molar refractivity (Wildman–Crippen MR) is 118 cm³/mol. The lowest BCUT2D eigenvalue weighted by molar-refractivity contribution is -0.122. The summed E-state index contributed by atoms with van der Waals surface area (Å²) in [5.41, 5.74) is 0.568. The molecule has 0 spiro atoms. The number of ether oxygens (including phenoxy) is 3. The number of carbonyl (C=O) groups excluding carboxylic acids is 2. The van der Waals surface area contributed by atoms with E-state index in [4.69, 9.17) is 14.2 Å². The average Bonchev–Trinajstić information content (AvgIpc) is 2.82. The fraction of sp³-hybridized carbons (Fsp3) is 0.417. The Bertz CT molecular complexity index is 864. The van der Waals surface area contributed by atoms with Crippen LogP contribution in [-0.2, 0) is 4.79 Å². The lowest BCUT2D eigenvalue weighted by Crippen LogP contribution is -2.46. The maximum absolute atomic E-state index is 12.8. The summed E-state index contributed by atoms with van der Waals surface area (Å²) in [7, 11) is 3.11. The zero-order chi connectivity index (χ0) is 22.1. The van der Waals surface area contributed by atoms with Crippen molar-refractivity contribution >= 4 is 11.8 Å². The summed E-state index contributed by atoms with van der Waals surface area (Å²) in [5.74, 6) is 1.93. The first kappa shape index (κ1) is 22.5. The number of hydrogen-bond donors (Lipinski definition) is 1. The number of amides is 2. The molecule has 0 aromatic heterocycles. The van der Waals surface area contributed by atoms with Gasteiger partial charge in [0.05, 0.1) is 20.8 Å². The van der Waals surface area contributed by atoms with Gasteiger partial charge in [-0.05, 0) is 49.6 Å². The van der Waals surface area contributed by atoms with E-state index in [1.54, 1.807) is 32.4 Å². The van der Waals surface area contributed by atoms with E-state index in [1.165, 1.54) is 0 Å².